The minimum Gasteiger partial charge on any atom is -0.468 e. The molecule has 1 unspecified atom stereocenters. The molecule has 0 amide bonds. The molecule has 1 atom stereocenters. The minimum absolute atomic E-state index is 0.302. The molecule has 3 nitrogen and oxygen atoms in total. The number of halogens is 1. The van der Waals surface area contributed by atoms with E-state index in [-0.39, 0.29) is 11.8 Å². The van der Waals surface area contributed by atoms with Crippen molar-refractivity contribution >= 4 is 5.97 Å². The van der Waals surface area contributed by atoms with Crippen LogP contribution in [0, 0.1) is 18.7 Å². The summed E-state index contributed by atoms with van der Waals surface area (Å²) in [7, 11) is 1.35. The van der Waals surface area contributed by atoms with Crippen LogP contribution in [0.25, 0.3) is 0 Å². The minimum atomic E-state index is -0.544. The van der Waals surface area contributed by atoms with E-state index in [1.165, 1.54) is 19.2 Å². The summed E-state index contributed by atoms with van der Waals surface area (Å²) in [5.41, 5.74) is 1.49. The molecule has 0 radical (unpaired) electrons. The Morgan fingerprint density at radius 2 is 2.11 bits per heavy atom. The van der Waals surface area contributed by atoms with E-state index >= 15 is 0 Å². The van der Waals surface area contributed by atoms with Crippen molar-refractivity contribution in [2.45, 2.75) is 26.8 Å². The summed E-state index contributed by atoms with van der Waals surface area (Å²) >= 11 is 0. The number of benzene rings is 1. The van der Waals surface area contributed by atoms with Gasteiger partial charge < -0.3 is 10.1 Å². The summed E-state index contributed by atoms with van der Waals surface area (Å²) in [5, 5.41) is 3.15. The van der Waals surface area contributed by atoms with E-state index in [4.69, 9.17) is 4.74 Å². The fourth-order valence-electron chi connectivity index (χ4n) is 1.75. The molecule has 1 aromatic carbocycles. The number of aryl methyl sites for hydroxylation is 1. The second-order valence-electron chi connectivity index (χ2n) is 4.76. The molecule has 0 aromatic heterocycles. The monoisotopic (exact) mass is 253 g/mol. The van der Waals surface area contributed by atoms with Gasteiger partial charge in [0.1, 0.15) is 11.9 Å². The molecular weight excluding hydrogens is 233 g/mol. The van der Waals surface area contributed by atoms with E-state index in [1.54, 1.807) is 13.0 Å². The van der Waals surface area contributed by atoms with Crippen LogP contribution in [0.15, 0.2) is 18.2 Å². The highest BCUT2D eigenvalue weighted by atomic mass is 19.1. The standard InChI is InChI=1S/C14H20FNO2/c1-9(2)8-16-13(14(17)18-4)12-6-5-11(15)7-10(12)3/h5-7,9,13,16H,8H2,1-4H3. The Bertz CT molecular complexity index is 418. The Morgan fingerprint density at radius 1 is 1.44 bits per heavy atom. The lowest BCUT2D eigenvalue weighted by atomic mass is 10.0. The molecular formula is C14H20FNO2. The summed E-state index contributed by atoms with van der Waals surface area (Å²) in [4.78, 5) is 11.8. The maximum Gasteiger partial charge on any atom is 0.327 e. The summed E-state index contributed by atoms with van der Waals surface area (Å²) in [5.74, 6) is -0.244. The van der Waals surface area contributed by atoms with E-state index in [0.717, 1.165) is 11.1 Å². The van der Waals surface area contributed by atoms with Crippen molar-refractivity contribution in [1.29, 1.82) is 0 Å². The molecule has 18 heavy (non-hydrogen) atoms. The van der Waals surface area contributed by atoms with Crippen LogP contribution in [0.2, 0.25) is 0 Å². The summed E-state index contributed by atoms with van der Waals surface area (Å²) < 4.78 is 17.9. The van der Waals surface area contributed by atoms with Gasteiger partial charge in [-0.2, -0.15) is 0 Å². The maximum atomic E-state index is 13.1. The fraction of sp³-hybridized carbons (Fsp3) is 0.500. The number of methoxy groups -OCH3 is 1. The molecule has 0 saturated carbocycles. The second kappa shape index (κ2) is 6.50. The van der Waals surface area contributed by atoms with Crippen molar-refractivity contribution in [3.63, 3.8) is 0 Å². The van der Waals surface area contributed by atoms with E-state index in [2.05, 4.69) is 19.2 Å². The first-order valence-corrected chi connectivity index (χ1v) is 6.03. The van der Waals surface area contributed by atoms with Crippen LogP contribution in [0.5, 0.6) is 0 Å². The van der Waals surface area contributed by atoms with Gasteiger partial charge in [-0.25, -0.2) is 9.18 Å². The van der Waals surface area contributed by atoms with E-state index in [9.17, 15) is 9.18 Å². The lowest BCUT2D eigenvalue weighted by Gasteiger charge is -2.20. The van der Waals surface area contributed by atoms with Crippen LogP contribution in [0.3, 0.4) is 0 Å². The largest absolute Gasteiger partial charge is 0.468 e. The Kier molecular flexibility index (Phi) is 5.28. The lowest BCUT2D eigenvalue weighted by Crippen LogP contribution is -2.32. The van der Waals surface area contributed by atoms with Crippen LogP contribution in [-0.4, -0.2) is 19.6 Å². The van der Waals surface area contributed by atoms with Crippen molar-refractivity contribution in [3.05, 3.63) is 35.1 Å². The van der Waals surface area contributed by atoms with Crippen LogP contribution >= 0.6 is 0 Å². The highest BCUT2D eigenvalue weighted by molar-refractivity contribution is 5.78. The van der Waals surface area contributed by atoms with Gasteiger partial charge in [0, 0.05) is 0 Å². The van der Waals surface area contributed by atoms with Crippen LogP contribution < -0.4 is 5.32 Å². The Morgan fingerprint density at radius 3 is 2.61 bits per heavy atom. The normalized spacial score (nSPS) is 12.6. The number of carbonyl (C=O) groups is 1. The lowest BCUT2D eigenvalue weighted by molar-refractivity contribution is -0.143. The molecule has 0 saturated heterocycles. The molecule has 0 aliphatic heterocycles. The van der Waals surface area contributed by atoms with Gasteiger partial charge in [-0.3, -0.25) is 0 Å². The number of ether oxygens (including phenoxy) is 1. The number of carbonyl (C=O) groups excluding carboxylic acids is 1. The topological polar surface area (TPSA) is 38.3 Å². The summed E-state index contributed by atoms with van der Waals surface area (Å²) in [6.07, 6.45) is 0. The van der Waals surface area contributed by atoms with Crippen molar-refractivity contribution < 1.29 is 13.9 Å². The first kappa shape index (κ1) is 14.6. The first-order chi connectivity index (χ1) is 8.45. The van der Waals surface area contributed by atoms with Gasteiger partial charge in [0.2, 0.25) is 0 Å². The van der Waals surface area contributed by atoms with Crippen molar-refractivity contribution in [3.8, 4) is 0 Å². The van der Waals surface area contributed by atoms with E-state index < -0.39 is 6.04 Å². The fourth-order valence-corrected chi connectivity index (χ4v) is 1.75. The smallest absolute Gasteiger partial charge is 0.327 e. The van der Waals surface area contributed by atoms with Gasteiger partial charge in [0.15, 0.2) is 0 Å². The number of hydrogen-bond acceptors (Lipinski definition) is 3. The highest BCUT2D eigenvalue weighted by Crippen LogP contribution is 2.20. The third-order valence-corrected chi connectivity index (χ3v) is 2.71. The van der Waals surface area contributed by atoms with Gasteiger partial charge in [0.05, 0.1) is 7.11 Å². The zero-order valence-electron chi connectivity index (χ0n) is 11.3. The van der Waals surface area contributed by atoms with Gasteiger partial charge in [-0.1, -0.05) is 19.9 Å². The maximum absolute atomic E-state index is 13.1. The van der Waals surface area contributed by atoms with E-state index in [1.807, 2.05) is 0 Å². The van der Waals surface area contributed by atoms with Crippen molar-refractivity contribution in [1.82, 2.24) is 5.32 Å². The van der Waals surface area contributed by atoms with Crippen molar-refractivity contribution in [2.24, 2.45) is 5.92 Å². The molecule has 1 N–H and O–H groups in total. The number of rotatable bonds is 5. The highest BCUT2D eigenvalue weighted by Gasteiger charge is 2.22. The van der Waals surface area contributed by atoms with Crippen molar-refractivity contribution in [2.75, 3.05) is 13.7 Å². The third kappa shape index (κ3) is 3.81. The van der Waals surface area contributed by atoms with Gasteiger partial charge in [-0.15, -0.1) is 0 Å². The molecule has 0 spiro atoms. The Balaban J connectivity index is 2.97. The summed E-state index contributed by atoms with van der Waals surface area (Å²) in [6, 6.07) is 3.86. The second-order valence-corrected chi connectivity index (χ2v) is 4.76. The van der Waals surface area contributed by atoms with Crippen LogP contribution in [0.4, 0.5) is 4.39 Å². The molecule has 1 aromatic rings. The Labute approximate surface area is 107 Å². The molecule has 4 heteroatoms. The molecule has 0 bridgehead atoms. The summed E-state index contributed by atoms with van der Waals surface area (Å²) in [6.45, 7) is 6.58. The average molecular weight is 253 g/mol. The first-order valence-electron chi connectivity index (χ1n) is 6.03. The van der Waals surface area contributed by atoms with Gasteiger partial charge in [-0.05, 0) is 42.6 Å². The third-order valence-electron chi connectivity index (χ3n) is 2.71. The zero-order valence-corrected chi connectivity index (χ0v) is 11.3. The number of nitrogens with one attached hydrogen (secondary N) is 1. The van der Waals surface area contributed by atoms with Gasteiger partial charge >= 0.3 is 5.97 Å². The molecule has 1 rings (SSSR count). The molecule has 0 fully saturated rings. The molecule has 0 aliphatic rings. The number of esters is 1. The predicted molar refractivity (Wildman–Crippen MR) is 68.7 cm³/mol. The molecule has 0 aliphatic carbocycles. The van der Waals surface area contributed by atoms with E-state index in [0.29, 0.717) is 12.5 Å². The average Bonchev–Trinajstić information content (AvgIpc) is 2.30. The quantitative estimate of drug-likeness (QED) is 0.820. The number of hydrogen-bond donors (Lipinski definition) is 1. The zero-order chi connectivity index (χ0) is 13.7. The van der Waals surface area contributed by atoms with Gasteiger partial charge in [0.25, 0.3) is 0 Å². The predicted octanol–water partition coefficient (Wildman–Crippen LogP) is 2.59. The molecule has 0 heterocycles. The van der Waals surface area contributed by atoms with Crippen LogP contribution in [-0.2, 0) is 9.53 Å². The SMILES string of the molecule is COC(=O)C(NCC(C)C)c1ccc(F)cc1C. The Hall–Kier alpha value is -1.42. The molecule has 100 valence electrons. The van der Waals surface area contributed by atoms with Crippen LogP contribution in [0.1, 0.15) is 31.0 Å².